The third kappa shape index (κ3) is 3.56. The molecule has 0 saturated carbocycles. The van der Waals surface area contributed by atoms with Crippen LogP contribution in [0.15, 0.2) is 57.5 Å². The van der Waals surface area contributed by atoms with E-state index in [0.29, 0.717) is 15.3 Å². The van der Waals surface area contributed by atoms with Gasteiger partial charge in [0.05, 0.1) is 22.6 Å². The third-order valence-electron chi connectivity index (χ3n) is 3.54. The lowest BCUT2D eigenvalue weighted by molar-refractivity contribution is -0.380. The average molecular weight is 417 g/mol. The van der Waals surface area contributed by atoms with Gasteiger partial charge in [-0.3, -0.25) is 14.7 Å². The van der Waals surface area contributed by atoms with E-state index >= 15 is 0 Å². The molecule has 136 valence electrons. The molecule has 1 aromatic carbocycles. The number of nitrogens with zero attached hydrogens (tertiary/aromatic N) is 5. The van der Waals surface area contributed by atoms with Crippen LogP contribution in [0.2, 0.25) is 0 Å². The number of rotatable bonds is 6. The summed E-state index contributed by atoms with van der Waals surface area (Å²) in [4.78, 5) is 15.5. The fourth-order valence-corrected chi connectivity index (χ4v) is 4.76. The number of ether oxygens (including phenoxy) is 1. The summed E-state index contributed by atoms with van der Waals surface area (Å²) in [5.74, 6) is 1.44. The second-order valence-corrected chi connectivity index (χ2v) is 8.31. The molecule has 4 rings (SSSR count). The SMILES string of the molecule is COc1ccc(-n2c(Sc3ncc([N+](=O)[O-])s3)nnc2-c2cccs2)cc1. The Morgan fingerprint density at radius 1 is 1.22 bits per heavy atom. The molecule has 0 unspecified atom stereocenters. The van der Waals surface area contributed by atoms with E-state index in [2.05, 4.69) is 15.2 Å². The quantitative estimate of drug-likeness (QED) is 0.336. The van der Waals surface area contributed by atoms with Crippen LogP contribution in [0.5, 0.6) is 5.75 Å². The van der Waals surface area contributed by atoms with E-state index in [0.717, 1.165) is 27.7 Å². The highest BCUT2D eigenvalue weighted by atomic mass is 32.2. The molecule has 11 heteroatoms. The summed E-state index contributed by atoms with van der Waals surface area (Å²) in [6.45, 7) is 0. The average Bonchev–Trinajstić information content (AvgIpc) is 3.42. The Bertz CT molecular complexity index is 1070. The summed E-state index contributed by atoms with van der Waals surface area (Å²) < 4.78 is 7.66. The Morgan fingerprint density at radius 2 is 2.04 bits per heavy atom. The van der Waals surface area contributed by atoms with E-state index in [4.69, 9.17) is 4.74 Å². The molecule has 0 N–H and O–H groups in total. The minimum atomic E-state index is -0.451. The van der Waals surface area contributed by atoms with Gasteiger partial charge in [-0.15, -0.1) is 21.5 Å². The summed E-state index contributed by atoms with van der Waals surface area (Å²) in [5, 5.41) is 22.1. The molecule has 0 atom stereocenters. The standard InChI is InChI=1S/C16H11N5O3S3/c1-24-11-6-4-10(5-7-11)20-14(12-3-2-8-25-12)18-19-15(20)27-16-17-9-13(26-16)21(22)23/h2-9H,1H3. The maximum atomic E-state index is 10.9. The minimum absolute atomic E-state index is 0.00788. The minimum Gasteiger partial charge on any atom is -0.497 e. The van der Waals surface area contributed by atoms with E-state index in [1.807, 2.05) is 46.3 Å². The number of hydrogen-bond donors (Lipinski definition) is 0. The van der Waals surface area contributed by atoms with Gasteiger partial charge in [-0.2, -0.15) is 0 Å². The smallest absolute Gasteiger partial charge is 0.344 e. The largest absolute Gasteiger partial charge is 0.497 e. The van der Waals surface area contributed by atoms with Crippen LogP contribution in [-0.4, -0.2) is 31.8 Å². The van der Waals surface area contributed by atoms with Gasteiger partial charge in [-0.1, -0.05) is 6.07 Å². The zero-order valence-electron chi connectivity index (χ0n) is 13.8. The van der Waals surface area contributed by atoms with Crippen molar-refractivity contribution in [2.24, 2.45) is 0 Å². The van der Waals surface area contributed by atoms with Crippen LogP contribution < -0.4 is 4.74 Å². The molecule has 0 aliphatic rings. The predicted octanol–water partition coefficient (Wildman–Crippen LogP) is 4.52. The fraction of sp³-hybridized carbons (Fsp3) is 0.0625. The molecular formula is C16H11N5O3S3. The highest BCUT2D eigenvalue weighted by molar-refractivity contribution is 8.01. The van der Waals surface area contributed by atoms with Crippen LogP contribution in [-0.2, 0) is 0 Å². The van der Waals surface area contributed by atoms with Crippen molar-refractivity contribution in [2.45, 2.75) is 9.50 Å². The van der Waals surface area contributed by atoms with Gasteiger partial charge in [0, 0.05) is 0 Å². The van der Waals surface area contributed by atoms with E-state index < -0.39 is 4.92 Å². The van der Waals surface area contributed by atoms with Gasteiger partial charge in [0.25, 0.3) is 0 Å². The van der Waals surface area contributed by atoms with Gasteiger partial charge in [0.1, 0.15) is 11.9 Å². The Balaban J connectivity index is 1.77. The lowest BCUT2D eigenvalue weighted by Crippen LogP contribution is -1.98. The molecule has 8 nitrogen and oxygen atoms in total. The highest BCUT2D eigenvalue weighted by Crippen LogP contribution is 2.37. The van der Waals surface area contributed by atoms with Crippen LogP contribution in [0.3, 0.4) is 0 Å². The number of thiazole rings is 1. The molecule has 0 fully saturated rings. The molecule has 0 aliphatic carbocycles. The molecule has 3 aromatic heterocycles. The van der Waals surface area contributed by atoms with E-state index in [1.165, 1.54) is 18.0 Å². The van der Waals surface area contributed by atoms with Crippen molar-refractivity contribution >= 4 is 39.4 Å². The third-order valence-corrected chi connectivity index (χ3v) is 6.37. The van der Waals surface area contributed by atoms with Crippen molar-refractivity contribution in [2.75, 3.05) is 7.11 Å². The number of thiophene rings is 1. The number of hydrogen-bond acceptors (Lipinski definition) is 9. The molecule has 0 aliphatic heterocycles. The van der Waals surface area contributed by atoms with Crippen molar-refractivity contribution in [1.29, 1.82) is 0 Å². The molecule has 0 saturated heterocycles. The lowest BCUT2D eigenvalue weighted by atomic mass is 10.3. The summed E-state index contributed by atoms with van der Waals surface area (Å²) in [5.41, 5.74) is 0.859. The van der Waals surface area contributed by atoms with Crippen molar-refractivity contribution in [3.8, 4) is 22.1 Å². The highest BCUT2D eigenvalue weighted by Gasteiger charge is 2.20. The van der Waals surface area contributed by atoms with Crippen molar-refractivity contribution in [3.05, 3.63) is 58.1 Å². The molecule has 0 spiro atoms. The Morgan fingerprint density at radius 3 is 2.67 bits per heavy atom. The summed E-state index contributed by atoms with van der Waals surface area (Å²) >= 11 is 3.81. The predicted molar refractivity (Wildman–Crippen MR) is 104 cm³/mol. The van der Waals surface area contributed by atoms with Crippen molar-refractivity contribution in [3.63, 3.8) is 0 Å². The zero-order chi connectivity index (χ0) is 18.8. The molecule has 3 heterocycles. The van der Waals surface area contributed by atoms with Crippen LogP contribution in [0, 0.1) is 10.1 Å². The van der Waals surface area contributed by atoms with Gasteiger partial charge in [0.15, 0.2) is 10.2 Å². The lowest BCUT2D eigenvalue weighted by Gasteiger charge is -2.09. The van der Waals surface area contributed by atoms with Crippen molar-refractivity contribution in [1.82, 2.24) is 19.7 Å². The van der Waals surface area contributed by atoms with Gasteiger partial charge in [-0.25, -0.2) is 4.98 Å². The van der Waals surface area contributed by atoms with E-state index in [1.54, 1.807) is 18.4 Å². The second-order valence-electron chi connectivity index (χ2n) is 5.14. The first kappa shape index (κ1) is 17.6. The van der Waals surface area contributed by atoms with Gasteiger partial charge < -0.3 is 4.74 Å². The summed E-state index contributed by atoms with van der Waals surface area (Å²) in [6, 6.07) is 11.5. The molecule has 0 bridgehead atoms. The first-order chi connectivity index (χ1) is 13.2. The Hall–Kier alpha value is -2.76. The zero-order valence-corrected chi connectivity index (χ0v) is 16.3. The normalized spacial score (nSPS) is 10.9. The first-order valence-corrected chi connectivity index (χ1v) is 10.1. The fourth-order valence-electron chi connectivity index (χ4n) is 2.33. The maximum absolute atomic E-state index is 10.9. The van der Waals surface area contributed by atoms with Crippen LogP contribution in [0.1, 0.15) is 0 Å². The first-order valence-electron chi connectivity index (χ1n) is 7.57. The molecule has 0 amide bonds. The summed E-state index contributed by atoms with van der Waals surface area (Å²) in [6.07, 6.45) is 1.25. The van der Waals surface area contributed by atoms with Gasteiger partial charge in [0.2, 0.25) is 5.16 Å². The van der Waals surface area contributed by atoms with Gasteiger partial charge in [-0.05, 0) is 58.8 Å². The van der Waals surface area contributed by atoms with Crippen molar-refractivity contribution < 1.29 is 9.66 Å². The van der Waals surface area contributed by atoms with E-state index in [9.17, 15) is 10.1 Å². The molecule has 4 aromatic rings. The van der Waals surface area contributed by atoms with E-state index in [-0.39, 0.29) is 5.00 Å². The van der Waals surface area contributed by atoms with Gasteiger partial charge >= 0.3 is 5.00 Å². The number of methoxy groups -OCH3 is 1. The molecular weight excluding hydrogens is 406 g/mol. The molecule has 0 radical (unpaired) electrons. The summed E-state index contributed by atoms with van der Waals surface area (Å²) in [7, 11) is 1.61. The monoisotopic (exact) mass is 417 g/mol. The number of aromatic nitrogens is 4. The van der Waals surface area contributed by atoms with Crippen LogP contribution in [0.4, 0.5) is 5.00 Å². The Kier molecular flexibility index (Phi) is 4.88. The Labute approximate surface area is 165 Å². The number of benzene rings is 1. The van der Waals surface area contributed by atoms with Crippen LogP contribution >= 0.6 is 34.4 Å². The molecule has 27 heavy (non-hydrogen) atoms. The maximum Gasteiger partial charge on any atom is 0.344 e. The second kappa shape index (κ2) is 7.47. The van der Waals surface area contributed by atoms with Crippen LogP contribution in [0.25, 0.3) is 16.4 Å². The number of nitro groups is 1. The topological polar surface area (TPSA) is 96.0 Å².